The minimum absolute atomic E-state index is 0.0399. The van der Waals surface area contributed by atoms with E-state index >= 15 is 0 Å². The molecule has 0 unspecified atom stereocenters. The van der Waals surface area contributed by atoms with Crippen LogP contribution in [0.5, 0.6) is 0 Å². The number of benzene rings is 1. The van der Waals surface area contributed by atoms with E-state index in [1.54, 1.807) is 0 Å². The molecule has 0 aliphatic heterocycles. The van der Waals surface area contributed by atoms with Crippen molar-refractivity contribution < 1.29 is 13.3 Å². The first kappa shape index (κ1) is 16.5. The quantitative estimate of drug-likeness (QED) is 0.568. The number of hydrogen-bond acceptors (Lipinski definition) is 5. The molecule has 0 bridgehead atoms. The number of thiophene rings is 1. The molecule has 2 aromatic rings. The third-order valence-corrected chi connectivity index (χ3v) is 6.94. The van der Waals surface area contributed by atoms with Crippen LogP contribution in [-0.2, 0) is 10.0 Å². The van der Waals surface area contributed by atoms with Crippen molar-refractivity contribution in [2.45, 2.75) is 4.21 Å². The summed E-state index contributed by atoms with van der Waals surface area (Å²) in [7, 11) is -3.93. The predicted octanol–water partition coefficient (Wildman–Crippen LogP) is 4.53. The normalized spacial score (nSPS) is 11.4. The summed E-state index contributed by atoms with van der Waals surface area (Å²) < 4.78 is 27.0. The Morgan fingerprint density at radius 2 is 1.90 bits per heavy atom. The van der Waals surface area contributed by atoms with Crippen molar-refractivity contribution in [2.75, 3.05) is 4.72 Å². The molecule has 0 aliphatic carbocycles. The van der Waals surface area contributed by atoms with Gasteiger partial charge in [-0.1, -0.05) is 23.2 Å². The highest BCUT2D eigenvalue weighted by molar-refractivity contribution is 9.11. The van der Waals surface area contributed by atoms with Crippen LogP contribution in [0.25, 0.3) is 0 Å². The number of sulfonamides is 1. The van der Waals surface area contributed by atoms with Crippen LogP contribution >= 0.6 is 50.5 Å². The second-order valence-electron chi connectivity index (χ2n) is 3.71. The number of nitrogens with one attached hydrogen (secondary N) is 1. The molecule has 0 radical (unpaired) electrons. The number of non-ortho nitro benzene ring substituents is 1. The Balaban J connectivity index is 2.41. The van der Waals surface area contributed by atoms with Gasteiger partial charge in [0.2, 0.25) is 0 Å². The highest BCUT2D eigenvalue weighted by Crippen LogP contribution is 2.36. The number of nitro groups is 1. The number of anilines is 1. The Kier molecular flexibility index (Phi) is 4.79. The molecule has 112 valence electrons. The zero-order valence-corrected chi connectivity index (χ0v) is 14.6. The van der Waals surface area contributed by atoms with Crippen LogP contribution in [0, 0.1) is 10.1 Å². The monoisotopic (exact) mass is 430 g/mol. The van der Waals surface area contributed by atoms with Gasteiger partial charge in [-0.3, -0.25) is 14.8 Å². The summed E-state index contributed by atoms with van der Waals surface area (Å²) in [4.78, 5) is 10.1. The van der Waals surface area contributed by atoms with Gasteiger partial charge in [0.1, 0.15) is 4.21 Å². The maximum absolute atomic E-state index is 12.2. The molecule has 0 amide bonds. The van der Waals surface area contributed by atoms with E-state index < -0.39 is 14.9 Å². The zero-order chi connectivity index (χ0) is 15.8. The third-order valence-electron chi connectivity index (χ3n) is 2.29. The highest BCUT2D eigenvalue weighted by Gasteiger charge is 2.21. The molecule has 1 aromatic heterocycles. The van der Waals surface area contributed by atoms with Crippen molar-refractivity contribution in [1.82, 2.24) is 0 Å². The van der Waals surface area contributed by atoms with Crippen molar-refractivity contribution in [2.24, 2.45) is 0 Å². The summed E-state index contributed by atoms with van der Waals surface area (Å²) in [6.45, 7) is 0. The lowest BCUT2D eigenvalue weighted by atomic mass is 10.3. The lowest BCUT2D eigenvalue weighted by Gasteiger charge is -2.07. The third kappa shape index (κ3) is 3.67. The number of nitro benzene ring substituents is 1. The number of hydrogen-bond donors (Lipinski definition) is 1. The summed E-state index contributed by atoms with van der Waals surface area (Å²) in [5.74, 6) is 0. The second kappa shape index (κ2) is 6.09. The van der Waals surface area contributed by atoms with E-state index in [-0.39, 0.29) is 25.6 Å². The van der Waals surface area contributed by atoms with E-state index in [0.717, 1.165) is 17.4 Å². The van der Waals surface area contributed by atoms with Crippen LogP contribution < -0.4 is 4.72 Å². The summed E-state index contributed by atoms with van der Waals surface area (Å²) >= 11 is 15.7. The molecule has 0 spiro atoms. The molecule has 1 aromatic carbocycles. The van der Waals surface area contributed by atoms with Gasteiger partial charge in [0.15, 0.2) is 0 Å². The van der Waals surface area contributed by atoms with Gasteiger partial charge < -0.3 is 0 Å². The van der Waals surface area contributed by atoms with E-state index in [1.165, 1.54) is 18.2 Å². The Hall–Kier alpha value is -0.870. The molecular formula is C10H5BrCl2N2O4S2. The number of halogens is 3. The van der Waals surface area contributed by atoms with Gasteiger partial charge in [-0.15, -0.1) is 11.3 Å². The maximum atomic E-state index is 12.2. The fraction of sp³-hybridized carbons (Fsp3) is 0. The minimum atomic E-state index is -3.93. The van der Waals surface area contributed by atoms with Crippen LogP contribution in [0.2, 0.25) is 10.0 Å². The lowest BCUT2D eigenvalue weighted by Crippen LogP contribution is -2.12. The molecule has 0 saturated heterocycles. The summed E-state index contributed by atoms with van der Waals surface area (Å²) in [6, 6.07) is 4.74. The van der Waals surface area contributed by atoms with Crippen molar-refractivity contribution in [3.63, 3.8) is 0 Å². The van der Waals surface area contributed by atoms with Crippen LogP contribution in [0.15, 0.2) is 32.3 Å². The molecule has 21 heavy (non-hydrogen) atoms. The minimum Gasteiger partial charge on any atom is -0.277 e. The molecular weight excluding hydrogens is 427 g/mol. The van der Waals surface area contributed by atoms with Crippen LogP contribution in [-0.4, -0.2) is 13.3 Å². The van der Waals surface area contributed by atoms with Crippen LogP contribution in [0.3, 0.4) is 0 Å². The Morgan fingerprint density at radius 3 is 2.43 bits per heavy atom. The molecule has 11 heteroatoms. The average Bonchev–Trinajstić information content (AvgIpc) is 2.73. The van der Waals surface area contributed by atoms with Crippen molar-refractivity contribution in [1.29, 1.82) is 0 Å². The Bertz CT molecular complexity index is 803. The van der Waals surface area contributed by atoms with E-state index in [9.17, 15) is 18.5 Å². The average molecular weight is 432 g/mol. The first-order valence-electron chi connectivity index (χ1n) is 5.12. The summed E-state index contributed by atoms with van der Waals surface area (Å²) in [5, 5.41) is 11.0. The van der Waals surface area contributed by atoms with Crippen molar-refractivity contribution >= 4 is 71.9 Å². The molecule has 2 rings (SSSR count). The SMILES string of the molecule is O=[N+]([O-])c1ccc(Cl)c(NS(=O)(=O)c2cc(Cl)c(Br)s2)c1. The smallest absolute Gasteiger partial charge is 0.271 e. The summed E-state index contributed by atoms with van der Waals surface area (Å²) in [6.07, 6.45) is 0. The van der Waals surface area contributed by atoms with Crippen LogP contribution in [0.1, 0.15) is 0 Å². The topological polar surface area (TPSA) is 89.3 Å². The van der Waals surface area contributed by atoms with E-state index in [4.69, 9.17) is 23.2 Å². The molecule has 0 saturated carbocycles. The molecule has 0 aliphatic rings. The molecule has 0 atom stereocenters. The van der Waals surface area contributed by atoms with Crippen molar-refractivity contribution in [3.05, 3.63) is 48.2 Å². The van der Waals surface area contributed by atoms with Gasteiger partial charge >= 0.3 is 0 Å². The largest absolute Gasteiger partial charge is 0.277 e. The molecule has 1 N–H and O–H groups in total. The molecule has 0 fully saturated rings. The summed E-state index contributed by atoms with van der Waals surface area (Å²) in [5.41, 5.74) is -0.353. The van der Waals surface area contributed by atoms with Gasteiger partial charge in [0.05, 0.1) is 24.4 Å². The fourth-order valence-electron chi connectivity index (χ4n) is 1.36. The fourth-order valence-corrected chi connectivity index (χ4v) is 5.05. The first-order valence-corrected chi connectivity index (χ1v) is 8.97. The first-order chi connectivity index (χ1) is 9.70. The van der Waals surface area contributed by atoms with Crippen molar-refractivity contribution in [3.8, 4) is 0 Å². The zero-order valence-electron chi connectivity index (χ0n) is 9.84. The highest BCUT2D eigenvalue weighted by atomic mass is 79.9. The van der Waals surface area contributed by atoms with Crippen LogP contribution in [0.4, 0.5) is 11.4 Å². The number of nitrogens with zero attached hydrogens (tertiary/aromatic N) is 1. The lowest BCUT2D eigenvalue weighted by molar-refractivity contribution is -0.384. The predicted molar refractivity (Wildman–Crippen MR) is 85.9 cm³/mol. The number of rotatable bonds is 4. The second-order valence-corrected chi connectivity index (χ2v) is 8.81. The van der Waals surface area contributed by atoms with Gasteiger partial charge in [-0.05, 0) is 28.1 Å². The molecule has 6 nitrogen and oxygen atoms in total. The van der Waals surface area contributed by atoms with Gasteiger partial charge in [-0.25, -0.2) is 8.42 Å². The maximum Gasteiger partial charge on any atom is 0.271 e. The van der Waals surface area contributed by atoms with Gasteiger partial charge in [0, 0.05) is 12.1 Å². The molecule has 1 heterocycles. The van der Waals surface area contributed by atoms with Gasteiger partial charge in [0.25, 0.3) is 15.7 Å². The van der Waals surface area contributed by atoms with E-state index in [1.807, 2.05) is 0 Å². The van der Waals surface area contributed by atoms with Gasteiger partial charge in [-0.2, -0.15) is 0 Å². The van der Waals surface area contributed by atoms with E-state index in [0.29, 0.717) is 3.79 Å². The Labute approximate surface area is 142 Å². The standard InChI is InChI=1S/C10H5BrCl2N2O4S2/c11-10-7(13)4-9(20-10)21(18,19)14-8-3-5(15(16)17)1-2-6(8)12/h1-4,14H. The Morgan fingerprint density at radius 1 is 1.24 bits per heavy atom. The van der Waals surface area contributed by atoms with E-state index in [2.05, 4.69) is 20.7 Å².